The maximum atomic E-state index is 12.4. The highest BCUT2D eigenvalue weighted by atomic mass is 16.5. The van der Waals surface area contributed by atoms with Crippen molar-refractivity contribution in [2.45, 2.75) is 24.8 Å². The molecule has 6 heteroatoms. The van der Waals surface area contributed by atoms with Gasteiger partial charge >= 0.3 is 0 Å². The van der Waals surface area contributed by atoms with Crippen LogP contribution in [0, 0.1) is 0 Å². The van der Waals surface area contributed by atoms with E-state index in [1.165, 1.54) is 4.90 Å². The van der Waals surface area contributed by atoms with Gasteiger partial charge in [-0.05, 0) is 18.4 Å². The first kappa shape index (κ1) is 15.3. The number of aromatic nitrogens is 1. The van der Waals surface area contributed by atoms with Gasteiger partial charge in [-0.15, -0.1) is 0 Å². The van der Waals surface area contributed by atoms with Crippen LogP contribution in [0.2, 0.25) is 0 Å². The smallest absolute Gasteiger partial charge is 0.274 e. The molecule has 0 unspecified atom stereocenters. The van der Waals surface area contributed by atoms with Gasteiger partial charge in [-0.3, -0.25) is 9.59 Å². The Morgan fingerprint density at radius 2 is 1.96 bits per heavy atom. The average molecular weight is 313 g/mol. The van der Waals surface area contributed by atoms with E-state index in [9.17, 15) is 9.59 Å². The van der Waals surface area contributed by atoms with Gasteiger partial charge in [0.1, 0.15) is 11.8 Å². The molecular weight excluding hydrogens is 294 g/mol. The summed E-state index contributed by atoms with van der Waals surface area (Å²) in [5.41, 5.74) is 0.935. The molecule has 1 fully saturated rings. The van der Waals surface area contributed by atoms with Gasteiger partial charge in [0, 0.05) is 26.1 Å². The topological polar surface area (TPSA) is 75.4 Å². The van der Waals surface area contributed by atoms with Crippen molar-refractivity contribution in [2.75, 3.05) is 14.1 Å². The summed E-state index contributed by atoms with van der Waals surface area (Å²) in [6.07, 6.45) is 2.14. The van der Waals surface area contributed by atoms with Crippen molar-refractivity contribution in [1.29, 1.82) is 0 Å². The summed E-state index contributed by atoms with van der Waals surface area (Å²) in [5.74, 6) is 0.517. The highest BCUT2D eigenvalue weighted by Crippen LogP contribution is 2.40. The molecule has 1 atom stereocenters. The molecule has 2 aromatic rings. The first-order valence-electron chi connectivity index (χ1n) is 7.60. The van der Waals surface area contributed by atoms with Crippen LogP contribution in [0.4, 0.5) is 0 Å². The van der Waals surface area contributed by atoms with E-state index in [1.807, 2.05) is 30.3 Å². The van der Waals surface area contributed by atoms with Gasteiger partial charge in [-0.1, -0.05) is 35.5 Å². The second-order valence-electron chi connectivity index (χ2n) is 5.94. The van der Waals surface area contributed by atoms with Crippen LogP contribution in [0.3, 0.4) is 0 Å². The Labute approximate surface area is 134 Å². The molecule has 0 radical (unpaired) electrons. The van der Waals surface area contributed by atoms with E-state index in [0.717, 1.165) is 24.2 Å². The predicted molar refractivity (Wildman–Crippen MR) is 83.8 cm³/mol. The lowest BCUT2D eigenvalue weighted by Gasteiger charge is -2.21. The molecule has 1 aromatic carbocycles. The number of rotatable bonds is 5. The molecule has 23 heavy (non-hydrogen) atoms. The summed E-state index contributed by atoms with van der Waals surface area (Å²) in [6, 6.07) is 10.1. The lowest BCUT2D eigenvalue weighted by Crippen LogP contribution is -2.40. The fourth-order valence-corrected chi connectivity index (χ4v) is 2.35. The van der Waals surface area contributed by atoms with Gasteiger partial charge in [0.15, 0.2) is 5.69 Å². The highest BCUT2D eigenvalue weighted by molar-refractivity contribution is 5.96. The quantitative estimate of drug-likeness (QED) is 0.917. The second-order valence-corrected chi connectivity index (χ2v) is 5.94. The minimum Gasteiger partial charge on any atom is -0.360 e. The van der Waals surface area contributed by atoms with Gasteiger partial charge in [0.25, 0.3) is 5.91 Å². The Morgan fingerprint density at radius 1 is 1.26 bits per heavy atom. The Kier molecular flexibility index (Phi) is 4.14. The van der Waals surface area contributed by atoms with Crippen molar-refractivity contribution in [3.8, 4) is 0 Å². The molecule has 1 saturated carbocycles. The van der Waals surface area contributed by atoms with Crippen LogP contribution in [0.1, 0.15) is 46.6 Å². The van der Waals surface area contributed by atoms with Crippen LogP contribution in [0.25, 0.3) is 0 Å². The van der Waals surface area contributed by atoms with Crippen LogP contribution in [0.15, 0.2) is 40.9 Å². The minimum atomic E-state index is -0.750. The number of likely N-dealkylation sites (N-methyl/N-ethyl adjacent to an activating group) is 1. The van der Waals surface area contributed by atoms with Crippen LogP contribution < -0.4 is 5.32 Å². The molecule has 2 amide bonds. The maximum absolute atomic E-state index is 12.4. The van der Waals surface area contributed by atoms with Crippen LogP contribution in [-0.4, -0.2) is 36.0 Å². The van der Waals surface area contributed by atoms with E-state index in [1.54, 1.807) is 20.2 Å². The molecule has 0 saturated heterocycles. The van der Waals surface area contributed by atoms with Crippen LogP contribution in [0.5, 0.6) is 0 Å². The number of carbonyl (C=O) groups excluding carboxylic acids is 2. The number of amides is 2. The molecule has 120 valence electrons. The standard InChI is InChI=1S/C17H19N3O3/c1-20(2)17(22)15(12-6-4-3-5-7-12)18-16(21)13-10-14(23-19-13)11-8-9-11/h3-7,10-11,15H,8-9H2,1-2H3,(H,18,21)/t15-/m0/s1. The first-order chi connectivity index (χ1) is 11.1. The van der Waals surface area contributed by atoms with Crippen molar-refractivity contribution in [3.63, 3.8) is 0 Å². The number of benzene rings is 1. The Morgan fingerprint density at radius 3 is 2.57 bits per heavy atom. The SMILES string of the molecule is CN(C)C(=O)[C@@H](NC(=O)c1cc(C2CC2)on1)c1ccccc1. The number of carbonyl (C=O) groups is 2. The molecule has 1 aliphatic rings. The molecular formula is C17H19N3O3. The van der Waals surface area contributed by atoms with Gasteiger partial charge in [0.2, 0.25) is 5.91 Å². The summed E-state index contributed by atoms with van der Waals surface area (Å²) < 4.78 is 5.20. The third-order valence-corrected chi connectivity index (χ3v) is 3.84. The van der Waals surface area contributed by atoms with Crippen LogP contribution in [-0.2, 0) is 4.79 Å². The fourth-order valence-electron chi connectivity index (χ4n) is 2.35. The maximum Gasteiger partial charge on any atom is 0.274 e. The van der Waals surface area contributed by atoms with E-state index in [4.69, 9.17) is 4.52 Å². The highest BCUT2D eigenvalue weighted by Gasteiger charge is 2.30. The average Bonchev–Trinajstić information content (AvgIpc) is 3.29. The van der Waals surface area contributed by atoms with Crippen molar-refractivity contribution in [1.82, 2.24) is 15.4 Å². The van der Waals surface area contributed by atoms with Crippen molar-refractivity contribution in [2.24, 2.45) is 0 Å². The van der Waals surface area contributed by atoms with E-state index < -0.39 is 11.9 Å². The molecule has 0 aliphatic heterocycles. The number of nitrogens with one attached hydrogen (secondary N) is 1. The monoisotopic (exact) mass is 313 g/mol. The zero-order valence-corrected chi connectivity index (χ0v) is 13.2. The molecule has 1 N–H and O–H groups in total. The van der Waals surface area contributed by atoms with Gasteiger partial charge in [-0.2, -0.15) is 0 Å². The minimum absolute atomic E-state index is 0.199. The summed E-state index contributed by atoms with van der Waals surface area (Å²) in [4.78, 5) is 26.3. The second kappa shape index (κ2) is 6.24. The molecule has 0 bridgehead atoms. The zero-order chi connectivity index (χ0) is 16.4. The molecule has 1 aliphatic carbocycles. The fraction of sp³-hybridized carbons (Fsp3) is 0.353. The lowest BCUT2D eigenvalue weighted by molar-refractivity contribution is -0.130. The summed E-state index contributed by atoms with van der Waals surface area (Å²) in [7, 11) is 3.32. The molecule has 1 aromatic heterocycles. The van der Waals surface area contributed by atoms with Gasteiger partial charge in [-0.25, -0.2) is 0 Å². The number of hydrogen-bond acceptors (Lipinski definition) is 4. The Bertz CT molecular complexity index is 705. The lowest BCUT2D eigenvalue weighted by atomic mass is 10.1. The Hall–Kier alpha value is -2.63. The number of nitrogens with zero attached hydrogens (tertiary/aromatic N) is 2. The van der Waals surface area contributed by atoms with Crippen molar-refractivity contribution < 1.29 is 14.1 Å². The largest absolute Gasteiger partial charge is 0.360 e. The van der Waals surface area contributed by atoms with Gasteiger partial charge in [0.05, 0.1) is 0 Å². The molecule has 3 rings (SSSR count). The Balaban J connectivity index is 1.79. The summed E-state index contributed by atoms with van der Waals surface area (Å²) >= 11 is 0. The van der Waals surface area contributed by atoms with Crippen molar-refractivity contribution in [3.05, 3.63) is 53.4 Å². The molecule has 1 heterocycles. The third kappa shape index (κ3) is 3.41. The van der Waals surface area contributed by atoms with E-state index in [0.29, 0.717) is 5.92 Å². The normalized spacial score (nSPS) is 15.0. The van der Waals surface area contributed by atoms with Gasteiger partial charge < -0.3 is 14.7 Å². The zero-order valence-electron chi connectivity index (χ0n) is 13.2. The van der Waals surface area contributed by atoms with E-state index in [2.05, 4.69) is 10.5 Å². The predicted octanol–water partition coefficient (Wildman–Crippen LogP) is 2.11. The first-order valence-corrected chi connectivity index (χ1v) is 7.60. The van der Waals surface area contributed by atoms with Crippen LogP contribution >= 0.6 is 0 Å². The van der Waals surface area contributed by atoms with E-state index in [-0.39, 0.29) is 11.6 Å². The molecule has 0 spiro atoms. The number of hydrogen-bond donors (Lipinski definition) is 1. The van der Waals surface area contributed by atoms with Crippen molar-refractivity contribution >= 4 is 11.8 Å². The summed E-state index contributed by atoms with van der Waals surface area (Å²) in [6.45, 7) is 0. The third-order valence-electron chi connectivity index (χ3n) is 3.84. The van der Waals surface area contributed by atoms with E-state index >= 15 is 0 Å². The molecule has 6 nitrogen and oxygen atoms in total. The summed E-state index contributed by atoms with van der Waals surface area (Å²) in [5, 5.41) is 6.57.